The van der Waals surface area contributed by atoms with Crippen molar-refractivity contribution in [2.24, 2.45) is 100 Å². The maximum Gasteiger partial charge on any atom is 0.472 e. The van der Waals surface area contributed by atoms with Gasteiger partial charge in [-0.15, -0.1) is 0 Å². The van der Waals surface area contributed by atoms with Crippen molar-refractivity contribution in [3.8, 4) is 0 Å². The van der Waals surface area contributed by atoms with Crippen LogP contribution >= 0.6 is 7.82 Å². The van der Waals surface area contributed by atoms with Crippen molar-refractivity contribution in [2.45, 2.75) is 406 Å². The molecule has 0 bridgehead atoms. The van der Waals surface area contributed by atoms with Crippen molar-refractivity contribution >= 4 is 7.82 Å². The third kappa shape index (κ3) is 61.6. The summed E-state index contributed by atoms with van der Waals surface area (Å²) in [5, 5.41) is 10.0. The lowest BCUT2D eigenvalue weighted by atomic mass is 9.88. The Bertz CT molecular complexity index is 1780. The molecule has 594 valence electrons. The molecule has 10 nitrogen and oxygen atoms in total. The van der Waals surface area contributed by atoms with E-state index in [4.69, 9.17) is 33.7 Å². The van der Waals surface area contributed by atoms with Crippen molar-refractivity contribution < 1.29 is 42.6 Å². The van der Waals surface area contributed by atoms with E-state index in [1.165, 1.54) is 257 Å². The number of phosphoric acid groups is 1. The summed E-state index contributed by atoms with van der Waals surface area (Å²) < 4.78 is 47.6. The third-order valence-corrected chi connectivity index (χ3v) is 25.1. The fourth-order valence-corrected chi connectivity index (χ4v) is 16.5. The first-order chi connectivity index (χ1) is 47.4. The Morgan fingerprint density at radius 3 is 0.707 bits per heavy atom. The highest BCUT2D eigenvalue weighted by atomic mass is 31.2. The van der Waals surface area contributed by atoms with Gasteiger partial charge in [0.05, 0.1) is 33.0 Å². The fourth-order valence-electron chi connectivity index (χ4n) is 15.8. The fraction of sp³-hybridized carbons (Fsp3) is 1.00. The van der Waals surface area contributed by atoms with Gasteiger partial charge in [0.15, 0.2) is 0 Å². The van der Waals surface area contributed by atoms with Gasteiger partial charge in [-0.1, -0.05) is 368 Å². The molecule has 0 saturated carbocycles. The number of aliphatic hydroxyl groups excluding tert-OH is 1. The van der Waals surface area contributed by atoms with Crippen LogP contribution in [0.25, 0.3) is 0 Å². The second kappa shape index (κ2) is 63.9. The van der Waals surface area contributed by atoms with Crippen LogP contribution in [0.5, 0.6) is 0 Å². The largest absolute Gasteiger partial charge is 0.472 e. The number of phosphoric ester groups is 1. The van der Waals surface area contributed by atoms with E-state index in [9.17, 15) is 14.6 Å². The maximum atomic E-state index is 12.5. The summed E-state index contributed by atoms with van der Waals surface area (Å²) in [7, 11) is -4.21. The zero-order valence-electron chi connectivity index (χ0n) is 69.4. The zero-order valence-corrected chi connectivity index (χ0v) is 70.2. The van der Waals surface area contributed by atoms with Gasteiger partial charge in [-0.05, 0) is 120 Å². The number of rotatable bonds is 7. The molecule has 0 aromatic rings. The van der Waals surface area contributed by atoms with Crippen LogP contribution < -0.4 is 5.73 Å². The van der Waals surface area contributed by atoms with E-state index in [0.29, 0.717) is 56.7 Å². The van der Waals surface area contributed by atoms with Crippen LogP contribution in [-0.4, -0.2) is 88.2 Å². The van der Waals surface area contributed by atoms with Crippen LogP contribution in [0.4, 0.5) is 0 Å². The van der Waals surface area contributed by atoms with Crippen molar-refractivity contribution in [2.75, 3.05) is 66.0 Å². The first kappa shape index (κ1) is 96.9. The molecule has 0 radical (unpaired) electrons. The Hall–Kier alpha value is -0.130. The van der Waals surface area contributed by atoms with Crippen LogP contribution in [0.1, 0.15) is 393 Å². The number of hydrogen-bond acceptors (Lipinski definition) is 9. The van der Waals surface area contributed by atoms with Gasteiger partial charge >= 0.3 is 7.82 Å². The molecule has 3 unspecified atom stereocenters. The van der Waals surface area contributed by atoms with E-state index in [0.717, 1.165) is 103 Å². The molecule has 99 heavy (non-hydrogen) atoms. The first-order valence-corrected chi connectivity index (χ1v) is 45.2. The number of hydrogen-bond donors (Lipinski definition) is 3. The standard InChI is InChI=1S/C88H178NO9P/c1-71-29-17-33-75(5)41-25-49-83(13)57-62-93-68-87(67-90)95-64-59-85(15)51-27-43-77(7)35-19-31-73(3)39-23-47-81(11)55-53-80(10)46-22-38-72(2)30-18-34-76(6)42-26-50-84(14)58-63-94-69-88(70-98-99(91,92)97-66-61-89)96-65-60-86(16)52-28-44-78(8)36-20-32-74(4)40-24-48-82(12)56-54-79(9)45-21-37-71/h71-88,90H,17-70,89H2,1-16H3,(H,91,92)/t71-,72-,73-,74-,75+,76+,77+,78+,79-,80-,81-,82-,83+,84+,85+,86+,87?,88?/m1/s1. The number of nitrogens with two attached hydrogens (primary N) is 1. The van der Waals surface area contributed by atoms with E-state index in [1.807, 2.05) is 0 Å². The SMILES string of the molecule is C[C@@H]1CCC[C@H](C)CCC[C@H](C)CCOCC(CO)OCC[C@@H](C)CCC[C@@H](C)CCC[C@@H](C)CCC[C@@H](C)CC[C@H](C)CCC[C@H](C)CCC[C@H](C)CCC[C@H](C)CCOCC(COP(=O)(O)OCCN)OCC[C@@H](C)CCC[C@@H](C)CCC[C@@H](C)CCC[C@@H](C)CC[C@H](C)CCC1. The Morgan fingerprint density at radius 1 is 0.293 bits per heavy atom. The van der Waals surface area contributed by atoms with Gasteiger partial charge < -0.3 is 34.7 Å². The number of ether oxygens (including phenoxy) is 4. The highest BCUT2D eigenvalue weighted by molar-refractivity contribution is 7.47. The molecule has 1 saturated heterocycles. The monoisotopic (exact) mass is 1420 g/mol. The normalized spacial score (nSPS) is 35.0. The Morgan fingerprint density at radius 2 is 0.485 bits per heavy atom. The summed E-state index contributed by atoms with van der Waals surface area (Å²) in [5.41, 5.74) is 5.53. The van der Waals surface area contributed by atoms with E-state index >= 15 is 0 Å². The van der Waals surface area contributed by atoms with Crippen LogP contribution in [0.2, 0.25) is 0 Å². The highest BCUT2D eigenvalue weighted by Crippen LogP contribution is 2.43. The molecule has 4 N–H and O–H groups in total. The van der Waals surface area contributed by atoms with Crippen molar-refractivity contribution in [1.82, 2.24) is 0 Å². The lowest BCUT2D eigenvalue weighted by Crippen LogP contribution is -2.27. The Balaban J connectivity index is 2.64. The molecule has 11 heteroatoms. The summed E-state index contributed by atoms with van der Waals surface area (Å²) in [6, 6.07) is 0. The highest BCUT2D eigenvalue weighted by Gasteiger charge is 2.25. The summed E-state index contributed by atoms with van der Waals surface area (Å²) in [6.45, 7) is 42.9. The van der Waals surface area contributed by atoms with Crippen LogP contribution in [0.15, 0.2) is 0 Å². The van der Waals surface area contributed by atoms with Crippen LogP contribution in [0.3, 0.4) is 0 Å². The molecule has 1 rings (SSSR count). The topological polar surface area (TPSA) is 139 Å². The maximum absolute atomic E-state index is 12.5. The van der Waals surface area contributed by atoms with Gasteiger partial charge in [0.2, 0.25) is 0 Å². The second-order valence-corrected chi connectivity index (χ2v) is 37.3. The van der Waals surface area contributed by atoms with Crippen LogP contribution in [-0.2, 0) is 32.6 Å². The lowest BCUT2D eigenvalue weighted by molar-refractivity contribution is -0.0475. The van der Waals surface area contributed by atoms with Gasteiger partial charge in [0, 0.05) is 33.0 Å². The van der Waals surface area contributed by atoms with Crippen molar-refractivity contribution in [1.29, 1.82) is 0 Å². The van der Waals surface area contributed by atoms with Crippen molar-refractivity contribution in [3.63, 3.8) is 0 Å². The predicted octanol–water partition coefficient (Wildman–Crippen LogP) is 26.2. The molecule has 1 heterocycles. The van der Waals surface area contributed by atoms with Gasteiger partial charge in [-0.2, -0.15) is 0 Å². The zero-order chi connectivity index (χ0) is 73.3. The van der Waals surface area contributed by atoms with Gasteiger partial charge in [-0.25, -0.2) is 4.57 Å². The second-order valence-electron chi connectivity index (χ2n) is 35.9. The molecule has 0 aliphatic carbocycles. The van der Waals surface area contributed by atoms with Gasteiger partial charge in [0.25, 0.3) is 0 Å². The number of aliphatic hydroxyl groups is 1. The van der Waals surface area contributed by atoms with Crippen LogP contribution in [0, 0.1) is 94.7 Å². The molecule has 19 atom stereocenters. The smallest absolute Gasteiger partial charge is 0.394 e. The summed E-state index contributed by atoms with van der Waals surface area (Å²) in [4.78, 5) is 10.2. The van der Waals surface area contributed by atoms with Gasteiger partial charge in [-0.3, -0.25) is 9.05 Å². The minimum Gasteiger partial charge on any atom is -0.394 e. The third-order valence-electron chi connectivity index (χ3n) is 24.1. The minimum atomic E-state index is -4.21. The molecule has 1 fully saturated rings. The Labute approximate surface area is 619 Å². The average molecular weight is 1430 g/mol. The average Bonchev–Trinajstić information content (AvgIpc) is 1.24. The van der Waals surface area contributed by atoms with Gasteiger partial charge in [0.1, 0.15) is 12.2 Å². The summed E-state index contributed by atoms with van der Waals surface area (Å²) in [6.07, 6.45) is 57.4. The summed E-state index contributed by atoms with van der Waals surface area (Å²) in [5.74, 6) is 12.3. The molecule has 0 aromatic heterocycles. The van der Waals surface area contributed by atoms with E-state index in [1.54, 1.807) is 0 Å². The molecule has 0 spiro atoms. The van der Waals surface area contributed by atoms with E-state index < -0.39 is 13.9 Å². The first-order valence-electron chi connectivity index (χ1n) is 43.7. The molecule has 1 aliphatic heterocycles. The van der Waals surface area contributed by atoms with E-state index in [2.05, 4.69) is 111 Å². The summed E-state index contributed by atoms with van der Waals surface area (Å²) >= 11 is 0. The van der Waals surface area contributed by atoms with Crippen molar-refractivity contribution in [3.05, 3.63) is 0 Å². The Kier molecular flexibility index (Phi) is 62.5. The molecule has 0 amide bonds. The quantitative estimate of drug-likeness (QED) is 0.211. The van der Waals surface area contributed by atoms with E-state index in [-0.39, 0.29) is 32.5 Å². The molecule has 0 aromatic carbocycles. The predicted molar refractivity (Wildman–Crippen MR) is 429 cm³/mol. The molecule has 1 aliphatic rings. The minimum absolute atomic E-state index is 0.0353. The molecular formula is C88H178NO9P. The molecular weight excluding hydrogens is 1250 g/mol. The lowest BCUT2D eigenvalue weighted by Gasteiger charge is -2.21.